The molecule has 0 aliphatic carbocycles. The summed E-state index contributed by atoms with van der Waals surface area (Å²) in [4.78, 5) is 44.9. The van der Waals surface area contributed by atoms with Crippen LogP contribution >= 0.6 is 11.6 Å². The molecule has 0 saturated carbocycles. The molecule has 2 heterocycles. The SMILES string of the molecule is O=C(Nc1cccc([C@H]2OC(=O)N(Cc3cccc(Cl)c3)[C@H]2C(=O)NCc2ccccn2)c1)c1ccc(F)cc1. The summed E-state index contributed by atoms with van der Waals surface area (Å²) in [5.41, 5.74) is 2.59. The molecule has 1 saturated heterocycles. The maximum absolute atomic E-state index is 13.6. The Morgan fingerprint density at radius 1 is 0.975 bits per heavy atom. The molecule has 1 aromatic heterocycles. The Balaban J connectivity index is 1.40. The van der Waals surface area contributed by atoms with Gasteiger partial charge in [-0.15, -0.1) is 0 Å². The van der Waals surface area contributed by atoms with Crippen molar-refractivity contribution in [3.8, 4) is 0 Å². The van der Waals surface area contributed by atoms with Crippen LogP contribution in [0, 0.1) is 5.82 Å². The summed E-state index contributed by atoms with van der Waals surface area (Å²) in [5, 5.41) is 6.12. The minimum Gasteiger partial charge on any atom is -0.438 e. The zero-order valence-corrected chi connectivity index (χ0v) is 21.8. The number of nitrogens with one attached hydrogen (secondary N) is 2. The second-order valence-electron chi connectivity index (χ2n) is 9.13. The smallest absolute Gasteiger partial charge is 0.411 e. The highest BCUT2D eigenvalue weighted by atomic mass is 35.5. The number of carbonyl (C=O) groups is 3. The largest absolute Gasteiger partial charge is 0.438 e. The maximum atomic E-state index is 13.6. The van der Waals surface area contributed by atoms with E-state index in [4.69, 9.17) is 16.3 Å². The average Bonchev–Trinajstić information content (AvgIpc) is 3.28. The third-order valence-electron chi connectivity index (χ3n) is 6.34. The van der Waals surface area contributed by atoms with Gasteiger partial charge in [0.2, 0.25) is 5.91 Å². The van der Waals surface area contributed by atoms with Gasteiger partial charge < -0.3 is 15.4 Å². The first kappa shape index (κ1) is 26.8. The van der Waals surface area contributed by atoms with Crippen LogP contribution in [0.1, 0.15) is 33.3 Å². The van der Waals surface area contributed by atoms with Gasteiger partial charge in [0.15, 0.2) is 12.1 Å². The highest BCUT2D eigenvalue weighted by Crippen LogP contribution is 2.35. The number of nitrogens with zero attached hydrogens (tertiary/aromatic N) is 2. The standard InChI is InChI=1S/C30H24ClFN4O4/c31-22-7-3-5-19(15-22)18-36-26(29(38)34-17-25-8-1-2-14-33-25)27(40-30(36)39)21-6-4-9-24(16-21)35-28(37)20-10-12-23(32)13-11-20/h1-16,26-27H,17-18H2,(H,34,38)(H,35,37)/t26-,27-/m1/s1. The van der Waals surface area contributed by atoms with E-state index in [1.54, 1.807) is 66.9 Å². The molecule has 0 unspecified atom stereocenters. The molecule has 0 spiro atoms. The van der Waals surface area contributed by atoms with Crippen molar-refractivity contribution in [3.63, 3.8) is 0 Å². The van der Waals surface area contributed by atoms with Gasteiger partial charge in [-0.1, -0.05) is 41.9 Å². The first-order valence-electron chi connectivity index (χ1n) is 12.4. The Labute approximate surface area is 234 Å². The molecule has 40 heavy (non-hydrogen) atoms. The molecule has 1 aliphatic rings. The molecular weight excluding hydrogens is 535 g/mol. The van der Waals surface area contributed by atoms with E-state index in [-0.39, 0.29) is 18.7 Å². The Morgan fingerprint density at radius 2 is 1.77 bits per heavy atom. The molecule has 5 rings (SSSR count). The first-order chi connectivity index (χ1) is 19.4. The Hall–Kier alpha value is -4.76. The second kappa shape index (κ2) is 12.0. The molecule has 3 amide bonds. The monoisotopic (exact) mass is 558 g/mol. The molecular formula is C30H24ClFN4O4. The van der Waals surface area contributed by atoms with Crippen LogP contribution in [-0.2, 0) is 22.6 Å². The fourth-order valence-electron chi connectivity index (χ4n) is 4.42. The van der Waals surface area contributed by atoms with Crippen molar-refractivity contribution in [1.29, 1.82) is 0 Å². The lowest BCUT2D eigenvalue weighted by atomic mass is 10.00. The number of hydrogen-bond acceptors (Lipinski definition) is 5. The number of halogens is 2. The predicted octanol–water partition coefficient (Wildman–Crippen LogP) is 5.50. The molecule has 202 valence electrons. The lowest BCUT2D eigenvalue weighted by Gasteiger charge is -2.24. The van der Waals surface area contributed by atoms with Gasteiger partial charge in [-0.25, -0.2) is 9.18 Å². The Kier molecular flexibility index (Phi) is 8.02. The summed E-state index contributed by atoms with van der Waals surface area (Å²) in [7, 11) is 0. The van der Waals surface area contributed by atoms with Crippen molar-refractivity contribution in [1.82, 2.24) is 15.2 Å². The molecule has 4 aromatic rings. The number of carbonyl (C=O) groups excluding carboxylic acids is 3. The van der Waals surface area contributed by atoms with Gasteiger partial charge in [-0.2, -0.15) is 0 Å². The quantitative estimate of drug-likeness (QED) is 0.297. The van der Waals surface area contributed by atoms with Crippen molar-refractivity contribution in [2.45, 2.75) is 25.2 Å². The number of benzene rings is 3. The summed E-state index contributed by atoms with van der Waals surface area (Å²) >= 11 is 6.14. The van der Waals surface area contributed by atoms with Crippen LogP contribution in [0.5, 0.6) is 0 Å². The Morgan fingerprint density at radius 3 is 2.52 bits per heavy atom. The minimum absolute atomic E-state index is 0.0958. The van der Waals surface area contributed by atoms with Crippen LogP contribution < -0.4 is 10.6 Å². The molecule has 3 aromatic carbocycles. The minimum atomic E-state index is -1.02. The van der Waals surface area contributed by atoms with Crippen LogP contribution in [0.25, 0.3) is 0 Å². The summed E-state index contributed by atoms with van der Waals surface area (Å²) in [6.45, 7) is 0.258. The van der Waals surface area contributed by atoms with Crippen molar-refractivity contribution < 1.29 is 23.5 Å². The normalized spacial score (nSPS) is 16.4. The molecule has 10 heteroatoms. The summed E-state index contributed by atoms with van der Waals surface area (Å²) in [6.07, 6.45) is 0.00532. The highest BCUT2D eigenvalue weighted by Gasteiger charge is 2.47. The fourth-order valence-corrected chi connectivity index (χ4v) is 4.64. The van der Waals surface area contributed by atoms with Crippen LogP contribution in [0.15, 0.2) is 97.2 Å². The van der Waals surface area contributed by atoms with E-state index < -0.39 is 35.9 Å². The highest BCUT2D eigenvalue weighted by molar-refractivity contribution is 6.30. The molecule has 1 fully saturated rings. The zero-order chi connectivity index (χ0) is 28.1. The fraction of sp³-hybridized carbons (Fsp3) is 0.133. The molecule has 2 N–H and O–H groups in total. The number of pyridine rings is 1. The second-order valence-corrected chi connectivity index (χ2v) is 9.57. The van der Waals surface area contributed by atoms with Crippen molar-refractivity contribution in [2.24, 2.45) is 0 Å². The van der Waals surface area contributed by atoms with Gasteiger partial charge in [-0.3, -0.25) is 19.5 Å². The van der Waals surface area contributed by atoms with E-state index in [2.05, 4.69) is 15.6 Å². The number of hydrogen-bond donors (Lipinski definition) is 2. The van der Waals surface area contributed by atoms with Gasteiger partial charge in [0, 0.05) is 22.5 Å². The zero-order valence-electron chi connectivity index (χ0n) is 21.1. The van der Waals surface area contributed by atoms with E-state index in [9.17, 15) is 18.8 Å². The van der Waals surface area contributed by atoms with Crippen molar-refractivity contribution in [3.05, 3.63) is 130 Å². The molecule has 2 atom stereocenters. The van der Waals surface area contributed by atoms with Gasteiger partial charge in [0.1, 0.15) is 5.82 Å². The summed E-state index contributed by atoms with van der Waals surface area (Å²) < 4.78 is 19.0. The van der Waals surface area contributed by atoms with E-state index in [1.807, 2.05) is 6.07 Å². The summed E-state index contributed by atoms with van der Waals surface area (Å²) in [6, 6.07) is 23.2. The van der Waals surface area contributed by atoms with E-state index in [0.29, 0.717) is 22.0 Å². The van der Waals surface area contributed by atoms with Crippen LogP contribution in [-0.4, -0.2) is 33.8 Å². The molecule has 8 nitrogen and oxygen atoms in total. The maximum Gasteiger partial charge on any atom is 0.411 e. The van der Waals surface area contributed by atoms with E-state index >= 15 is 0 Å². The Bertz CT molecular complexity index is 1530. The van der Waals surface area contributed by atoms with Gasteiger partial charge in [0.25, 0.3) is 5.91 Å². The molecule has 0 bridgehead atoms. The topological polar surface area (TPSA) is 101 Å². The number of cyclic esters (lactones) is 1. The van der Waals surface area contributed by atoms with Gasteiger partial charge in [0.05, 0.1) is 18.8 Å². The number of aromatic nitrogens is 1. The van der Waals surface area contributed by atoms with Crippen LogP contribution in [0.2, 0.25) is 5.02 Å². The van der Waals surface area contributed by atoms with Crippen molar-refractivity contribution in [2.75, 3.05) is 5.32 Å². The van der Waals surface area contributed by atoms with Crippen LogP contribution in [0.4, 0.5) is 14.9 Å². The van der Waals surface area contributed by atoms with E-state index in [1.165, 1.54) is 29.2 Å². The third kappa shape index (κ3) is 6.27. The van der Waals surface area contributed by atoms with Crippen LogP contribution in [0.3, 0.4) is 0 Å². The lowest BCUT2D eigenvalue weighted by Crippen LogP contribution is -2.46. The van der Waals surface area contributed by atoms with Gasteiger partial charge in [-0.05, 0) is 71.8 Å². The lowest BCUT2D eigenvalue weighted by molar-refractivity contribution is -0.126. The van der Waals surface area contributed by atoms with Crippen molar-refractivity contribution >= 4 is 35.2 Å². The van der Waals surface area contributed by atoms with E-state index in [0.717, 1.165) is 5.56 Å². The van der Waals surface area contributed by atoms with Gasteiger partial charge >= 0.3 is 6.09 Å². The predicted molar refractivity (Wildman–Crippen MR) is 147 cm³/mol. The molecule has 0 radical (unpaired) electrons. The average molecular weight is 559 g/mol. The number of anilines is 1. The number of rotatable bonds is 8. The first-order valence-corrected chi connectivity index (χ1v) is 12.8. The number of ether oxygens (including phenoxy) is 1. The summed E-state index contributed by atoms with van der Waals surface area (Å²) in [5.74, 6) is -1.31. The third-order valence-corrected chi connectivity index (χ3v) is 6.58. The number of amides is 3. The molecule has 1 aliphatic heterocycles.